The van der Waals surface area contributed by atoms with E-state index in [9.17, 15) is 19.8 Å². The Labute approximate surface area is 207 Å². The van der Waals surface area contributed by atoms with Crippen LogP contribution in [0.5, 0.6) is 11.5 Å². The number of esters is 1. The Morgan fingerprint density at radius 3 is 2.40 bits per heavy atom. The quantitative estimate of drug-likeness (QED) is 0.331. The predicted octanol–water partition coefficient (Wildman–Crippen LogP) is 4.61. The lowest BCUT2D eigenvalue weighted by molar-refractivity contribution is -0.137. The number of hydrogen-bond donors (Lipinski definition) is 2. The number of ether oxygens (including phenoxy) is 1. The zero-order chi connectivity index (χ0) is 25.8. The van der Waals surface area contributed by atoms with Gasteiger partial charge in [-0.25, -0.2) is 4.79 Å². The van der Waals surface area contributed by atoms with E-state index in [-0.39, 0.29) is 42.6 Å². The first kappa shape index (κ1) is 28.0. The Morgan fingerprint density at radius 1 is 1.06 bits per heavy atom. The lowest BCUT2D eigenvalue weighted by atomic mass is 10.00. The molecule has 1 aliphatic heterocycles. The van der Waals surface area contributed by atoms with Crippen LogP contribution in [0.15, 0.2) is 41.6 Å². The summed E-state index contributed by atoms with van der Waals surface area (Å²) in [7, 11) is 0. The molecule has 0 unspecified atom stereocenters. The minimum atomic E-state index is -0.680. The average molecular weight is 487 g/mol. The molecule has 0 aliphatic carbocycles. The first-order chi connectivity index (χ1) is 16.7. The van der Waals surface area contributed by atoms with Crippen LogP contribution >= 0.6 is 0 Å². The number of allylic oxidation sites excluding steroid dienone is 3. The molecule has 1 aliphatic rings. The van der Waals surface area contributed by atoms with E-state index in [0.29, 0.717) is 42.6 Å². The number of fused-ring (bicyclic) bond motifs is 1. The topological polar surface area (TPSA) is 109 Å². The predicted molar refractivity (Wildman–Crippen MR) is 136 cm³/mol. The van der Waals surface area contributed by atoms with Crippen molar-refractivity contribution in [3.8, 4) is 11.5 Å². The summed E-state index contributed by atoms with van der Waals surface area (Å²) < 4.78 is 5.30. The molecule has 0 aromatic heterocycles. The molecule has 2 N–H and O–H groups in total. The number of phenolic OH excluding ortho intramolecular Hbond substituents is 2. The number of aromatic hydroxyl groups is 2. The number of hydrogen-bond acceptors (Lipinski definition) is 7. The highest BCUT2D eigenvalue weighted by atomic mass is 16.6. The Bertz CT molecular complexity index is 939. The van der Waals surface area contributed by atoms with Gasteiger partial charge in [0.05, 0.1) is 12.3 Å². The third kappa shape index (κ3) is 9.84. The molecule has 1 amide bonds. The first-order valence-electron chi connectivity index (χ1n) is 12.2. The van der Waals surface area contributed by atoms with Crippen LogP contribution in [0.1, 0.15) is 62.9 Å². The SMILES string of the molecule is CC(C)CN(CC(C)C)C(=O)CO/N=C1\C=C\CC/C=C/CCOC(=O)c2c(O)cc(O)cc2C1. The van der Waals surface area contributed by atoms with E-state index in [1.165, 1.54) is 6.07 Å². The number of rotatable bonds is 7. The van der Waals surface area contributed by atoms with Crippen molar-refractivity contribution in [2.45, 2.75) is 53.4 Å². The van der Waals surface area contributed by atoms with Crippen LogP contribution in [0, 0.1) is 11.8 Å². The molecule has 0 spiro atoms. The maximum Gasteiger partial charge on any atom is 0.342 e. The largest absolute Gasteiger partial charge is 0.508 e. The number of nitrogens with zero attached hydrogens (tertiary/aromatic N) is 2. The van der Waals surface area contributed by atoms with Gasteiger partial charge in [-0.1, -0.05) is 51.1 Å². The van der Waals surface area contributed by atoms with E-state index in [1.54, 1.807) is 11.0 Å². The second-order valence-electron chi connectivity index (χ2n) is 9.49. The van der Waals surface area contributed by atoms with E-state index < -0.39 is 5.97 Å². The number of carbonyl (C=O) groups excluding carboxylic acids is 2. The van der Waals surface area contributed by atoms with Crippen LogP contribution in [0.2, 0.25) is 0 Å². The van der Waals surface area contributed by atoms with Gasteiger partial charge >= 0.3 is 5.97 Å². The number of phenols is 2. The maximum absolute atomic E-state index is 12.7. The molecule has 0 saturated heterocycles. The van der Waals surface area contributed by atoms with Gasteiger partial charge in [0.25, 0.3) is 5.91 Å². The summed E-state index contributed by atoms with van der Waals surface area (Å²) in [4.78, 5) is 32.6. The van der Waals surface area contributed by atoms with Gasteiger partial charge in [-0.15, -0.1) is 0 Å². The number of amides is 1. The highest BCUT2D eigenvalue weighted by Crippen LogP contribution is 2.29. The van der Waals surface area contributed by atoms with Crippen LogP contribution in [0.25, 0.3) is 0 Å². The van der Waals surface area contributed by atoms with Crippen molar-refractivity contribution in [3.05, 3.63) is 47.6 Å². The molecule has 1 heterocycles. The zero-order valence-corrected chi connectivity index (χ0v) is 21.2. The van der Waals surface area contributed by atoms with Gasteiger partial charge in [-0.2, -0.15) is 0 Å². The first-order valence-corrected chi connectivity index (χ1v) is 12.2. The molecule has 192 valence electrons. The van der Waals surface area contributed by atoms with E-state index in [1.807, 2.05) is 18.2 Å². The average Bonchev–Trinajstić information content (AvgIpc) is 2.75. The fraction of sp³-hybridized carbons (Fsp3) is 0.519. The fourth-order valence-corrected chi connectivity index (χ4v) is 3.72. The van der Waals surface area contributed by atoms with Gasteiger partial charge in [0.1, 0.15) is 17.1 Å². The minimum Gasteiger partial charge on any atom is -0.508 e. The Balaban J connectivity index is 2.27. The zero-order valence-electron chi connectivity index (χ0n) is 21.2. The van der Waals surface area contributed by atoms with Crippen molar-refractivity contribution in [3.63, 3.8) is 0 Å². The number of carbonyl (C=O) groups is 2. The van der Waals surface area contributed by atoms with Crippen LogP contribution < -0.4 is 0 Å². The lowest BCUT2D eigenvalue weighted by Crippen LogP contribution is -2.39. The van der Waals surface area contributed by atoms with Gasteiger partial charge in [-0.05, 0) is 48.8 Å². The van der Waals surface area contributed by atoms with Crippen LogP contribution in [-0.2, 0) is 20.8 Å². The van der Waals surface area contributed by atoms with Crippen molar-refractivity contribution in [2.75, 3.05) is 26.3 Å². The molecule has 0 atom stereocenters. The van der Waals surface area contributed by atoms with Crippen molar-refractivity contribution >= 4 is 17.6 Å². The number of oxime groups is 1. The third-order valence-electron chi connectivity index (χ3n) is 5.15. The molecular weight excluding hydrogens is 448 g/mol. The van der Waals surface area contributed by atoms with Crippen molar-refractivity contribution in [2.24, 2.45) is 17.0 Å². The number of benzene rings is 1. The highest BCUT2D eigenvalue weighted by Gasteiger charge is 2.21. The van der Waals surface area contributed by atoms with Gasteiger partial charge in [-0.3, -0.25) is 4.79 Å². The molecule has 0 bridgehead atoms. The lowest BCUT2D eigenvalue weighted by Gasteiger charge is -2.25. The minimum absolute atomic E-state index is 0.0268. The molecule has 8 heteroatoms. The summed E-state index contributed by atoms with van der Waals surface area (Å²) in [6.07, 6.45) is 9.89. The van der Waals surface area contributed by atoms with E-state index >= 15 is 0 Å². The molecule has 0 fully saturated rings. The van der Waals surface area contributed by atoms with Crippen molar-refractivity contribution in [1.82, 2.24) is 4.90 Å². The summed E-state index contributed by atoms with van der Waals surface area (Å²) in [6, 6.07) is 2.49. The molecule has 35 heavy (non-hydrogen) atoms. The Morgan fingerprint density at radius 2 is 1.71 bits per heavy atom. The van der Waals surface area contributed by atoms with Gasteiger partial charge in [0.15, 0.2) is 6.61 Å². The molecule has 1 aromatic rings. The molecule has 2 rings (SSSR count). The smallest absolute Gasteiger partial charge is 0.342 e. The summed E-state index contributed by atoms with van der Waals surface area (Å²) in [6.45, 7) is 9.49. The molecule has 0 radical (unpaired) electrons. The van der Waals surface area contributed by atoms with E-state index in [2.05, 4.69) is 32.9 Å². The van der Waals surface area contributed by atoms with Crippen LogP contribution in [0.3, 0.4) is 0 Å². The maximum atomic E-state index is 12.7. The summed E-state index contributed by atoms with van der Waals surface area (Å²) >= 11 is 0. The fourth-order valence-electron chi connectivity index (χ4n) is 3.72. The molecule has 0 saturated carbocycles. The molecule has 8 nitrogen and oxygen atoms in total. The van der Waals surface area contributed by atoms with Crippen molar-refractivity contribution in [1.29, 1.82) is 0 Å². The van der Waals surface area contributed by atoms with Gasteiger partial charge in [0.2, 0.25) is 0 Å². The van der Waals surface area contributed by atoms with Gasteiger partial charge in [0, 0.05) is 25.6 Å². The second kappa shape index (κ2) is 14.2. The summed E-state index contributed by atoms with van der Waals surface area (Å²) in [5.41, 5.74) is 0.762. The third-order valence-corrected chi connectivity index (χ3v) is 5.15. The van der Waals surface area contributed by atoms with Crippen LogP contribution in [0.4, 0.5) is 0 Å². The monoisotopic (exact) mass is 486 g/mol. The Kier molecular flexibility index (Phi) is 11.3. The van der Waals surface area contributed by atoms with E-state index in [0.717, 1.165) is 18.9 Å². The normalized spacial score (nSPS) is 18.0. The summed E-state index contributed by atoms with van der Waals surface area (Å²) in [5.74, 6) is -0.721. The highest BCUT2D eigenvalue weighted by molar-refractivity contribution is 6.00. The van der Waals surface area contributed by atoms with Crippen LogP contribution in [-0.4, -0.2) is 59.0 Å². The standard InChI is InChI=1S/C27H38N2O6/c1-19(2)16-29(17-20(3)4)25(32)18-35-28-22-11-9-7-5-6-8-10-12-34-27(33)26-21(13-22)14-23(30)15-24(26)31/h6,8-9,11,14-15,19-20,30-31H,5,7,10,12-13,16-18H2,1-4H3/b8-6+,11-9+,28-22+. The Hall–Kier alpha value is -3.29. The summed E-state index contributed by atoms with van der Waals surface area (Å²) in [5, 5.41) is 24.5. The second-order valence-corrected chi connectivity index (χ2v) is 9.49. The molecule has 1 aromatic carbocycles. The number of cyclic esters (lactones) is 1. The molecular formula is C27H38N2O6. The van der Waals surface area contributed by atoms with Gasteiger partial charge < -0.3 is 24.7 Å². The van der Waals surface area contributed by atoms with Crippen molar-refractivity contribution < 1.29 is 29.4 Å². The van der Waals surface area contributed by atoms with E-state index in [4.69, 9.17) is 9.57 Å².